The summed E-state index contributed by atoms with van der Waals surface area (Å²) in [5.41, 5.74) is 2.20. The molecule has 2 aromatic rings. The van der Waals surface area contributed by atoms with Crippen molar-refractivity contribution in [1.82, 2.24) is 9.88 Å². The molecule has 0 unspecified atom stereocenters. The number of carbonyl (C=O) groups excluding carboxylic acids is 1. The van der Waals surface area contributed by atoms with Gasteiger partial charge in [0.25, 0.3) is 5.91 Å². The normalized spacial score (nSPS) is 10.3. The Kier molecular flexibility index (Phi) is 2.95. The fourth-order valence-electron chi connectivity index (χ4n) is 1.72. The van der Waals surface area contributed by atoms with Crippen molar-refractivity contribution in [2.45, 2.75) is 0 Å². The van der Waals surface area contributed by atoms with Crippen LogP contribution in [0.3, 0.4) is 0 Å². The van der Waals surface area contributed by atoms with Crippen LogP contribution in [0, 0.1) is 0 Å². The van der Waals surface area contributed by atoms with E-state index >= 15 is 0 Å². The maximum atomic E-state index is 11.9. The van der Waals surface area contributed by atoms with Gasteiger partial charge in [-0.1, -0.05) is 18.2 Å². The predicted molar refractivity (Wildman–Crippen MR) is 69.3 cm³/mol. The molecule has 0 bridgehead atoms. The summed E-state index contributed by atoms with van der Waals surface area (Å²) in [6.07, 6.45) is 0. The van der Waals surface area contributed by atoms with Crippen molar-refractivity contribution in [3.05, 3.63) is 36.0 Å². The first kappa shape index (κ1) is 11.4. The Morgan fingerprint density at radius 3 is 2.65 bits per heavy atom. The zero-order valence-corrected chi connectivity index (χ0v) is 10.2. The van der Waals surface area contributed by atoms with Crippen LogP contribution in [0.1, 0.15) is 10.5 Å². The predicted octanol–water partition coefficient (Wildman–Crippen LogP) is 1.98. The largest absolute Gasteiger partial charge is 0.388 e. The third kappa shape index (κ3) is 2.06. The third-order valence-electron chi connectivity index (χ3n) is 2.61. The first-order valence-corrected chi connectivity index (χ1v) is 5.42. The summed E-state index contributed by atoms with van der Waals surface area (Å²) >= 11 is 0. The molecule has 4 nitrogen and oxygen atoms in total. The molecule has 0 fully saturated rings. The Morgan fingerprint density at radius 2 is 2.00 bits per heavy atom. The maximum Gasteiger partial charge on any atom is 0.272 e. The minimum Gasteiger partial charge on any atom is -0.388 e. The zero-order valence-electron chi connectivity index (χ0n) is 10.2. The van der Waals surface area contributed by atoms with Crippen LogP contribution in [-0.4, -0.2) is 36.9 Å². The first-order valence-electron chi connectivity index (χ1n) is 5.42. The molecular weight excluding hydrogens is 214 g/mol. The number of fused-ring (bicyclic) bond motifs is 1. The minimum absolute atomic E-state index is 0.0905. The highest BCUT2D eigenvalue weighted by Gasteiger charge is 2.12. The summed E-state index contributed by atoms with van der Waals surface area (Å²) in [6.45, 7) is 0. The number of carbonyl (C=O) groups is 1. The zero-order chi connectivity index (χ0) is 12.4. The lowest BCUT2D eigenvalue weighted by atomic mass is 10.1. The Labute approximate surface area is 100 Å². The van der Waals surface area contributed by atoms with E-state index in [1.54, 1.807) is 20.2 Å². The molecule has 0 saturated carbocycles. The molecule has 1 aromatic carbocycles. The number of pyridine rings is 1. The third-order valence-corrected chi connectivity index (χ3v) is 2.61. The van der Waals surface area contributed by atoms with Gasteiger partial charge in [-0.2, -0.15) is 0 Å². The second kappa shape index (κ2) is 4.41. The van der Waals surface area contributed by atoms with Gasteiger partial charge in [-0.05, 0) is 12.1 Å². The van der Waals surface area contributed by atoms with Gasteiger partial charge in [0, 0.05) is 32.2 Å². The molecule has 0 radical (unpaired) electrons. The molecule has 1 N–H and O–H groups in total. The van der Waals surface area contributed by atoms with Crippen LogP contribution in [0.15, 0.2) is 30.3 Å². The van der Waals surface area contributed by atoms with E-state index in [1.807, 2.05) is 31.3 Å². The van der Waals surface area contributed by atoms with E-state index in [-0.39, 0.29) is 5.91 Å². The minimum atomic E-state index is -0.0905. The van der Waals surface area contributed by atoms with Crippen LogP contribution in [0.5, 0.6) is 0 Å². The second-order valence-electron chi connectivity index (χ2n) is 4.02. The van der Waals surface area contributed by atoms with Crippen molar-refractivity contribution in [3.63, 3.8) is 0 Å². The van der Waals surface area contributed by atoms with Crippen molar-refractivity contribution in [1.29, 1.82) is 0 Å². The van der Waals surface area contributed by atoms with Gasteiger partial charge in [0.2, 0.25) is 0 Å². The summed E-state index contributed by atoms with van der Waals surface area (Å²) < 4.78 is 0. The molecule has 1 heterocycles. The smallest absolute Gasteiger partial charge is 0.272 e. The monoisotopic (exact) mass is 229 g/mol. The Morgan fingerprint density at radius 1 is 1.29 bits per heavy atom. The van der Waals surface area contributed by atoms with Crippen LogP contribution in [-0.2, 0) is 0 Å². The lowest BCUT2D eigenvalue weighted by Crippen LogP contribution is -2.22. The maximum absolute atomic E-state index is 11.9. The number of hydrogen-bond acceptors (Lipinski definition) is 3. The number of amides is 1. The Balaban J connectivity index is 2.64. The molecule has 0 saturated heterocycles. The molecule has 0 atom stereocenters. The van der Waals surface area contributed by atoms with Gasteiger partial charge in [-0.25, -0.2) is 4.98 Å². The van der Waals surface area contributed by atoms with Crippen LogP contribution in [0.4, 0.5) is 5.69 Å². The van der Waals surface area contributed by atoms with Gasteiger partial charge >= 0.3 is 0 Å². The van der Waals surface area contributed by atoms with Crippen molar-refractivity contribution >= 4 is 22.5 Å². The topological polar surface area (TPSA) is 45.2 Å². The number of hydrogen-bond donors (Lipinski definition) is 1. The molecular formula is C13H15N3O. The van der Waals surface area contributed by atoms with E-state index in [0.29, 0.717) is 5.69 Å². The number of benzene rings is 1. The molecule has 0 aliphatic carbocycles. The molecule has 4 heteroatoms. The van der Waals surface area contributed by atoms with Crippen LogP contribution in [0.25, 0.3) is 10.9 Å². The highest BCUT2D eigenvalue weighted by atomic mass is 16.2. The molecule has 1 aromatic heterocycles. The van der Waals surface area contributed by atoms with Crippen LogP contribution in [0.2, 0.25) is 0 Å². The van der Waals surface area contributed by atoms with Gasteiger partial charge in [0.1, 0.15) is 5.69 Å². The SMILES string of the molecule is CNc1cc(C(=O)N(C)C)nc2ccccc12. The van der Waals surface area contributed by atoms with Gasteiger partial charge in [0.05, 0.1) is 5.52 Å². The summed E-state index contributed by atoms with van der Waals surface area (Å²) in [5, 5.41) is 4.11. The highest BCUT2D eigenvalue weighted by Crippen LogP contribution is 2.22. The number of anilines is 1. The van der Waals surface area contributed by atoms with Crippen molar-refractivity contribution < 1.29 is 4.79 Å². The van der Waals surface area contributed by atoms with E-state index in [9.17, 15) is 4.79 Å². The summed E-state index contributed by atoms with van der Waals surface area (Å²) in [7, 11) is 5.28. The van der Waals surface area contributed by atoms with Gasteiger partial charge in [-0.3, -0.25) is 4.79 Å². The molecule has 0 aliphatic heterocycles. The van der Waals surface area contributed by atoms with Crippen molar-refractivity contribution in [2.75, 3.05) is 26.5 Å². The van der Waals surface area contributed by atoms with E-state index < -0.39 is 0 Å². The molecule has 88 valence electrons. The number of aromatic nitrogens is 1. The standard InChI is InChI=1S/C13H15N3O/c1-14-11-8-12(13(17)16(2)3)15-10-7-5-4-6-9(10)11/h4-8H,1-3H3,(H,14,15). The van der Waals surface area contributed by atoms with Crippen molar-refractivity contribution in [3.8, 4) is 0 Å². The van der Waals surface area contributed by atoms with Gasteiger partial charge < -0.3 is 10.2 Å². The first-order chi connectivity index (χ1) is 8.13. The average molecular weight is 229 g/mol. The highest BCUT2D eigenvalue weighted by molar-refractivity contribution is 5.99. The summed E-state index contributed by atoms with van der Waals surface area (Å²) in [4.78, 5) is 17.8. The molecule has 2 rings (SSSR count). The van der Waals surface area contributed by atoms with Gasteiger partial charge in [0.15, 0.2) is 0 Å². The van der Waals surface area contributed by atoms with Crippen LogP contribution < -0.4 is 5.32 Å². The fraction of sp³-hybridized carbons (Fsp3) is 0.231. The lowest BCUT2D eigenvalue weighted by Gasteiger charge is -2.12. The number of rotatable bonds is 2. The van der Waals surface area contributed by atoms with E-state index in [1.165, 1.54) is 4.90 Å². The quantitative estimate of drug-likeness (QED) is 0.856. The molecule has 1 amide bonds. The molecule has 0 spiro atoms. The number of nitrogens with one attached hydrogen (secondary N) is 1. The average Bonchev–Trinajstić information content (AvgIpc) is 2.36. The summed E-state index contributed by atoms with van der Waals surface area (Å²) in [6, 6.07) is 9.54. The fourth-order valence-corrected chi connectivity index (χ4v) is 1.72. The molecule has 0 aliphatic rings. The van der Waals surface area contributed by atoms with Crippen LogP contribution >= 0.6 is 0 Å². The van der Waals surface area contributed by atoms with E-state index in [4.69, 9.17) is 0 Å². The Bertz CT molecular complexity index is 564. The van der Waals surface area contributed by atoms with E-state index in [2.05, 4.69) is 10.3 Å². The van der Waals surface area contributed by atoms with E-state index in [0.717, 1.165) is 16.6 Å². The second-order valence-corrected chi connectivity index (χ2v) is 4.02. The Hall–Kier alpha value is -2.10. The van der Waals surface area contributed by atoms with Gasteiger partial charge in [-0.15, -0.1) is 0 Å². The van der Waals surface area contributed by atoms with Crippen molar-refractivity contribution in [2.24, 2.45) is 0 Å². The lowest BCUT2D eigenvalue weighted by molar-refractivity contribution is 0.0822. The number of para-hydroxylation sites is 1. The number of nitrogens with zero attached hydrogens (tertiary/aromatic N) is 2. The summed E-state index contributed by atoms with van der Waals surface area (Å²) in [5.74, 6) is -0.0905. The molecule has 17 heavy (non-hydrogen) atoms.